The molecule has 0 aromatic heterocycles. The third-order valence-corrected chi connectivity index (χ3v) is 3.19. The van der Waals surface area contributed by atoms with Crippen LogP contribution in [0.2, 0.25) is 0 Å². The Morgan fingerprint density at radius 1 is 1.16 bits per heavy atom. The molecule has 0 fully saturated rings. The number of carbonyl (C=O) groups is 3. The minimum absolute atomic E-state index is 0.139. The van der Waals surface area contributed by atoms with E-state index in [1.165, 1.54) is 20.3 Å². The second kappa shape index (κ2) is 6.87. The standard InChI is InChI=1S/C14H18O5/c1-4-5-12(15)9-6-7-10(13(16)18-2)11(8-9)14(17)19-3/h4-6,10-11H,7-8H2,1-3H3/b5-4+/t10-,11+/m1/s1. The fourth-order valence-corrected chi connectivity index (χ4v) is 2.17. The van der Waals surface area contributed by atoms with Gasteiger partial charge in [0.05, 0.1) is 26.1 Å². The zero-order valence-electron chi connectivity index (χ0n) is 11.3. The molecule has 0 heterocycles. The molecular weight excluding hydrogens is 248 g/mol. The molecule has 5 heteroatoms. The molecule has 0 N–H and O–H groups in total. The number of rotatable bonds is 4. The molecule has 1 aliphatic carbocycles. The Balaban J connectivity index is 2.97. The van der Waals surface area contributed by atoms with E-state index in [0.717, 1.165) is 0 Å². The Kier molecular flexibility index (Phi) is 5.48. The summed E-state index contributed by atoms with van der Waals surface area (Å²) in [4.78, 5) is 35.2. The van der Waals surface area contributed by atoms with Crippen molar-refractivity contribution < 1.29 is 23.9 Å². The van der Waals surface area contributed by atoms with Crippen LogP contribution < -0.4 is 0 Å². The van der Waals surface area contributed by atoms with Crippen molar-refractivity contribution in [2.75, 3.05) is 14.2 Å². The molecule has 0 radical (unpaired) electrons. The van der Waals surface area contributed by atoms with Crippen molar-refractivity contribution in [3.63, 3.8) is 0 Å². The van der Waals surface area contributed by atoms with Gasteiger partial charge in [-0.15, -0.1) is 0 Å². The monoisotopic (exact) mass is 266 g/mol. The van der Waals surface area contributed by atoms with E-state index in [9.17, 15) is 14.4 Å². The zero-order valence-corrected chi connectivity index (χ0v) is 11.3. The average molecular weight is 266 g/mol. The summed E-state index contributed by atoms with van der Waals surface area (Å²) in [5.74, 6) is -2.33. The molecule has 5 nitrogen and oxygen atoms in total. The first-order valence-electron chi connectivity index (χ1n) is 6.06. The Bertz CT molecular complexity index is 433. The van der Waals surface area contributed by atoms with Crippen LogP contribution >= 0.6 is 0 Å². The fourth-order valence-electron chi connectivity index (χ4n) is 2.17. The molecule has 1 rings (SSSR count). The smallest absolute Gasteiger partial charge is 0.309 e. The predicted octanol–water partition coefficient (Wildman–Crippen LogP) is 1.43. The highest BCUT2D eigenvalue weighted by Gasteiger charge is 2.38. The van der Waals surface area contributed by atoms with Crippen molar-refractivity contribution in [3.8, 4) is 0 Å². The first-order chi connectivity index (χ1) is 9.04. The normalized spacial score (nSPS) is 22.8. The van der Waals surface area contributed by atoms with Crippen LogP contribution in [-0.4, -0.2) is 31.9 Å². The first-order valence-corrected chi connectivity index (χ1v) is 6.06. The molecule has 0 amide bonds. The second-order valence-electron chi connectivity index (χ2n) is 4.29. The van der Waals surface area contributed by atoms with Gasteiger partial charge in [0.15, 0.2) is 5.78 Å². The van der Waals surface area contributed by atoms with Gasteiger partial charge >= 0.3 is 11.9 Å². The summed E-state index contributed by atoms with van der Waals surface area (Å²) in [6.07, 6.45) is 5.30. The van der Waals surface area contributed by atoms with Crippen LogP contribution in [0, 0.1) is 11.8 Å². The number of esters is 2. The van der Waals surface area contributed by atoms with Crippen molar-refractivity contribution in [3.05, 3.63) is 23.8 Å². The molecule has 0 aliphatic heterocycles. The molecule has 0 aromatic carbocycles. The highest BCUT2D eigenvalue weighted by molar-refractivity contribution is 6.04. The van der Waals surface area contributed by atoms with Gasteiger partial charge in [-0.3, -0.25) is 14.4 Å². The summed E-state index contributed by atoms with van der Waals surface area (Å²) in [5.41, 5.74) is 0.536. The molecular formula is C14H18O5. The summed E-state index contributed by atoms with van der Waals surface area (Å²) >= 11 is 0. The molecule has 0 bridgehead atoms. The van der Waals surface area contributed by atoms with Crippen molar-refractivity contribution in [2.24, 2.45) is 11.8 Å². The van der Waals surface area contributed by atoms with Gasteiger partial charge < -0.3 is 9.47 Å². The molecule has 1 aliphatic rings. The fraction of sp³-hybridized carbons (Fsp3) is 0.500. The van der Waals surface area contributed by atoms with Gasteiger partial charge in [-0.1, -0.05) is 12.2 Å². The van der Waals surface area contributed by atoms with E-state index in [1.54, 1.807) is 19.1 Å². The third kappa shape index (κ3) is 3.53. The van der Waals surface area contributed by atoms with Crippen molar-refractivity contribution in [1.29, 1.82) is 0 Å². The quantitative estimate of drug-likeness (QED) is 0.568. The van der Waals surface area contributed by atoms with Crippen LogP contribution in [0.3, 0.4) is 0 Å². The van der Waals surface area contributed by atoms with Gasteiger partial charge in [0.1, 0.15) is 0 Å². The topological polar surface area (TPSA) is 69.7 Å². The maximum Gasteiger partial charge on any atom is 0.309 e. The van der Waals surface area contributed by atoms with Crippen LogP contribution in [0.4, 0.5) is 0 Å². The van der Waals surface area contributed by atoms with E-state index in [4.69, 9.17) is 4.74 Å². The molecule has 0 saturated carbocycles. The summed E-state index contributed by atoms with van der Waals surface area (Å²) < 4.78 is 9.38. The van der Waals surface area contributed by atoms with E-state index in [2.05, 4.69) is 4.74 Å². The maximum atomic E-state index is 11.8. The lowest BCUT2D eigenvalue weighted by atomic mass is 9.78. The Morgan fingerprint density at radius 2 is 1.74 bits per heavy atom. The minimum Gasteiger partial charge on any atom is -0.469 e. The van der Waals surface area contributed by atoms with Crippen LogP contribution in [0.25, 0.3) is 0 Å². The van der Waals surface area contributed by atoms with Gasteiger partial charge in [0.2, 0.25) is 0 Å². The molecule has 0 spiro atoms. The summed E-state index contributed by atoms with van der Waals surface area (Å²) in [5, 5.41) is 0. The lowest BCUT2D eigenvalue weighted by Gasteiger charge is -2.26. The van der Waals surface area contributed by atoms with Gasteiger partial charge in [0.25, 0.3) is 0 Å². The van der Waals surface area contributed by atoms with Gasteiger partial charge in [-0.25, -0.2) is 0 Å². The largest absolute Gasteiger partial charge is 0.469 e. The molecule has 2 atom stereocenters. The number of allylic oxidation sites excluding steroid dienone is 4. The Hall–Kier alpha value is -1.91. The molecule has 0 saturated heterocycles. The number of carbonyl (C=O) groups excluding carboxylic acids is 3. The van der Waals surface area contributed by atoms with Crippen LogP contribution in [0.1, 0.15) is 19.8 Å². The van der Waals surface area contributed by atoms with Gasteiger partial charge in [-0.05, 0) is 31.4 Å². The molecule has 0 unspecified atom stereocenters. The SMILES string of the molecule is C/C=C/C(=O)C1=CC[C@@H](C(=O)OC)[C@@H](C(=O)OC)C1. The highest BCUT2D eigenvalue weighted by Crippen LogP contribution is 2.32. The van der Waals surface area contributed by atoms with E-state index in [-0.39, 0.29) is 12.2 Å². The number of ether oxygens (including phenoxy) is 2. The zero-order chi connectivity index (χ0) is 14.4. The average Bonchev–Trinajstić information content (AvgIpc) is 2.45. The lowest BCUT2D eigenvalue weighted by molar-refractivity contribution is -0.157. The molecule has 19 heavy (non-hydrogen) atoms. The summed E-state index contributed by atoms with van der Waals surface area (Å²) in [6.45, 7) is 1.75. The van der Waals surface area contributed by atoms with E-state index in [0.29, 0.717) is 12.0 Å². The number of methoxy groups -OCH3 is 2. The molecule has 104 valence electrons. The van der Waals surface area contributed by atoms with E-state index < -0.39 is 23.8 Å². The number of hydrogen-bond donors (Lipinski definition) is 0. The van der Waals surface area contributed by atoms with Crippen LogP contribution in [0.15, 0.2) is 23.8 Å². The lowest BCUT2D eigenvalue weighted by Crippen LogP contribution is -2.34. The molecule has 0 aromatic rings. The predicted molar refractivity (Wildman–Crippen MR) is 68.2 cm³/mol. The third-order valence-electron chi connectivity index (χ3n) is 3.19. The van der Waals surface area contributed by atoms with Crippen molar-refractivity contribution in [2.45, 2.75) is 19.8 Å². The number of hydrogen-bond acceptors (Lipinski definition) is 5. The van der Waals surface area contributed by atoms with Gasteiger partial charge in [-0.2, -0.15) is 0 Å². The van der Waals surface area contributed by atoms with Crippen molar-refractivity contribution >= 4 is 17.7 Å². The van der Waals surface area contributed by atoms with Gasteiger partial charge in [0, 0.05) is 0 Å². The number of ketones is 1. The summed E-state index contributed by atoms with van der Waals surface area (Å²) in [6, 6.07) is 0. The maximum absolute atomic E-state index is 11.8. The van der Waals surface area contributed by atoms with E-state index >= 15 is 0 Å². The minimum atomic E-state index is -0.661. The van der Waals surface area contributed by atoms with Crippen molar-refractivity contribution in [1.82, 2.24) is 0 Å². The highest BCUT2D eigenvalue weighted by atomic mass is 16.5. The van der Waals surface area contributed by atoms with Crippen LogP contribution in [0.5, 0.6) is 0 Å². The van der Waals surface area contributed by atoms with Crippen LogP contribution in [-0.2, 0) is 23.9 Å². The summed E-state index contributed by atoms with van der Waals surface area (Å²) in [7, 11) is 2.54. The Morgan fingerprint density at radius 3 is 2.26 bits per heavy atom. The Labute approximate surface area is 112 Å². The van der Waals surface area contributed by atoms with E-state index in [1.807, 2.05) is 0 Å². The first kappa shape index (κ1) is 15.1. The second-order valence-corrected chi connectivity index (χ2v) is 4.29.